The van der Waals surface area contributed by atoms with Crippen molar-refractivity contribution in [1.29, 1.82) is 0 Å². The highest BCUT2D eigenvalue weighted by Crippen LogP contribution is 2.13. The van der Waals surface area contributed by atoms with Crippen molar-refractivity contribution in [3.8, 4) is 0 Å². The Hall–Kier alpha value is -2.75. The molecule has 0 aliphatic carbocycles. The van der Waals surface area contributed by atoms with Gasteiger partial charge in [-0.15, -0.1) is 0 Å². The summed E-state index contributed by atoms with van der Waals surface area (Å²) in [5, 5.41) is 12.5. The predicted octanol–water partition coefficient (Wildman–Crippen LogP) is 0.649. The Balaban J connectivity index is 1.57. The van der Waals surface area contributed by atoms with E-state index in [2.05, 4.69) is 5.32 Å². The Morgan fingerprint density at radius 2 is 1.71 bits per heavy atom. The summed E-state index contributed by atoms with van der Waals surface area (Å²) >= 11 is 0. The number of hydrogen-bond acceptors (Lipinski definition) is 5. The first-order chi connectivity index (χ1) is 13.3. The summed E-state index contributed by atoms with van der Waals surface area (Å²) in [6, 6.07) is 15.8. The van der Waals surface area contributed by atoms with Crippen LogP contribution in [0.25, 0.3) is 0 Å². The normalized spacial score (nSPS) is 17.2. The maximum atomic E-state index is 11.8. The van der Waals surface area contributed by atoms with Crippen LogP contribution in [0.1, 0.15) is 16.7 Å². The number of carboxylic acid groups (broad SMARTS) is 1. The smallest absolute Gasteiger partial charge is 0.321 e. The Bertz CT molecular complexity index is 945. The molecule has 0 spiro atoms. The van der Waals surface area contributed by atoms with Gasteiger partial charge in [0, 0.05) is 13.1 Å². The summed E-state index contributed by atoms with van der Waals surface area (Å²) in [6.07, 6.45) is 0.377. The Morgan fingerprint density at radius 1 is 1.07 bits per heavy atom. The number of carbonyl (C=O) groups is 2. The predicted molar refractivity (Wildman–Crippen MR) is 102 cm³/mol. The third kappa shape index (κ3) is 5.16. The van der Waals surface area contributed by atoms with Crippen LogP contribution in [0, 0.1) is 0 Å². The molecule has 3 N–H and O–H groups in total. The molecule has 1 atom stereocenters. The van der Waals surface area contributed by atoms with E-state index in [4.69, 9.17) is 0 Å². The quantitative estimate of drug-likeness (QED) is 0.596. The van der Waals surface area contributed by atoms with Gasteiger partial charge >= 0.3 is 16.2 Å². The number of aliphatic carboxylic acids is 1. The molecule has 0 bridgehead atoms. The zero-order valence-electron chi connectivity index (χ0n) is 15.0. The third-order valence-electron chi connectivity index (χ3n) is 4.42. The van der Waals surface area contributed by atoms with E-state index < -0.39 is 28.1 Å². The molecular formula is C19H21N3O5S. The number of carbonyl (C=O) groups excluding carboxylic acids is 1. The minimum absolute atomic E-state index is 0.0978. The van der Waals surface area contributed by atoms with Gasteiger partial charge in [-0.25, -0.2) is 4.72 Å². The Labute approximate surface area is 163 Å². The second-order valence-electron chi connectivity index (χ2n) is 6.58. The number of hydrogen-bond donors (Lipinski definition) is 3. The number of benzene rings is 2. The van der Waals surface area contributed by atoms with Crippen LogP contribution >= 0.6 is 0 Å². The van der Waals surface area contributed by atoms with Crippen LogP contribution in [0.5, 0.6) is 0 Å². The monoisotopic (exact) mass is 403 g/mol. The van der Waals surface area contributed by atoms with Gasteiger partial charge < -0.3 is 10.4 Å². The van der Waals surface area contributed by atoms with E-state index in [1.807, 2.05) is 47.2 Å². The SMILES string of the molecule is O=C1CN(Cc2ccc(CN[C@@H](Cc3ccccc3)C(=O)O)cc2)S(=O)(=O)N1. The summed E-state index contributed by atoms with van der Waals surface area (Å²) in [4.78, 5) is 22.8. The molecule has 0 unspecified atom stereocenters. The highest BCUT2D eigenvalue weighted by molar-refractivity contribution is 7.88. The molecule has 28 heavy (non-hydrogen) atoms. The fourth-order valence-electron chi connectivity index (χ4n) is 2.93. The zero-order chi connectivity index (χ0) is 20.1. The molecule has 1 saturated heterocycles. The second-order valence-corrected chi connectivity index (χ2v) is 8.25. The van der Waals surface area contributed by atoms with Gasteiger partial charge in [-0.2, -0.15) is 12.7 Å². The molecule has 2 aromatic carbocycles. The van der Waals surface area contributed by atoms with Gasteiger partial charge in [-0.1, -0.05) is 54.6 Å². The summed E-state index contributed by atoms with van der Waals surface area (Å²) in [7, 11) is -3.75. The zero-order valence-corrected chi connectivity index (χ0v) is 15.9. The molecule has 1 heterocycles. The standard InChI is InChI=1S/C19H21N3O5S/c23-18-13-22(28(26,27)21-18)12-16-8-6-15(7-9-16)11-20-17(19(24)25)10-14-4-2-1-3-5-14/h1-9,17,20H,10-13H2,(H,21,23)(H,24,25)/t17-/m0/s1. The van der Waals surface area contributed by atoms with E-state index in [-0.39, 0.29) is 13.1 Å². The number of rotatable bonds is 8. The molecule has 0 aromatic heterocycles. The van der Waals surface area contributed by atoms with E-state index >= 15 is 0 Å². The summed E-state index contributed by atoms with van der Waals surface area (Å²) < 4.78 is 26.5. The van der Waals surface area contributed by atoms with Gasteiger partial charge in [0.25, 0.3) is 0 Å². The van der Waals surface area contributed by atoms with Crippen molar-refractivity contribution >= 4 is 22.1 Å². The van der Waals surface area contributed by atoms with Gasteiger partial charge in [0.05, 0.1) is 6.54 Å². The maximum absolute atomic E-state index is 11.8. The minimum Gasteiger partial charge on any atom is -0.480 e. The second kappa shape index (κ2) is 8.51. The number of carboxylic acids is 1. The van der Waals surface area contributed by atoms with Gasteiger partial charge in [-0.05, 0) is 23.1 Å². The van der Waals surface area contributed by atoms with Crippen LogP contribution in [-0.2, 0) is 39.3 Å². The van der Waals surface area contributed by atoms with Crippen molar-refractivity contribution in [2.75, 3.05) is 6.54 Å². The number of nitrogens with one attached hydrogen (secondary N) is 2. The van der Waals surface area contributed by atoms with E-state index in [1.54, 1.807) is 12.1 Å². The Morgan fingerprint density at radius 3 is 2.29 bits per heavy atom. The fraction of sp³-hybridized carbons (Fsp3) is 0.263. The first-order valence-electron chi connectivity index (χ1n) is 8.72. The summed E-state index contributed by atoms with van der Waals surface area (Å²) in [5.41, 5.74) is 2.55. The van der Waals surface area contributed by atoms with Gasteiger partial charge in [0.1, 0.15) is 6.04 Å². The highest BCUT2D eigenvalue weighted by Gasteiger charge is 2.33. The lowest BCUT2D eigenvalue weighted by molar-refractivity contribution is -0.139. The van der Waals surface area contributed by atoms with Crippen LogP contribution in [0.2, 0.25) is 0 Å². The van der Waals surface area contributed by atoms with Crippen LogP contribution in [0.15, 0.2) is 54.6 Å². The molecule has 9 heteroatoms. The first kappa shape index (κ1) is 20.0. The van der Waals surface area contributed by atoms with Gasteiger partial charge in [-0.3, -0.25) is 9.59 Å². The van der Waals surface area contributed by atoms with E-state index in [0.29, 0.717) is 13.0 Å². The maximum Gasteiger partial charge on any atom is 0.321 e. The molecule has 0 radical (unpaired) electrons. The van der Waals surface area contributed by atoms with Gasteiger partial charge in [0.2, 0.25) is 5.91 Å². The summed E-state index contributed by atoms with van der Waals surface area (Å²) in [5.74, 6) is -1.46. The van der Waals surface area contributed by atoms with Crippen molar-refractivity contribution in [3.63, 3.8) is 0 Å². The molecule has 3 rings (SSSR count). The van der Waals surface area contributed by atoms with Crippen LogP contribution < -0.4 is 10.0 Å². The number of nitrogens with zero attached hydrogens (tertiary/aromatic N) is 1. The van der Waals surface area contributed by atoms with Crippen molar-refractivity contribution in [2.45, 2.75) is 25.6 Å². The first-order valence-corrected chi connectivity index (χ1v) is 10.2. The van der Waals surface area contributed by atoms with Gasteiger partial charge in [0.15, 0.2) is 0 Å². The van der Waals surface area contributed by atoms with Crippen molar-refractivity contribution in [1.82, 2.24) is 14.3 Å². The molecule has 1 fully saturated rings. The Kier molecular flexibility index (Phi) is 6.08. The molecule has 2 aromatic rings. The van der Waals surface area contributed by atoms with E-state index in [1.165, 1.54) is 0 Å². The van der Waals surface area contributed by atoms with Crippen LogP contribution in [0.4, 0.5) is 0 Å². The molecule has 0 saturated carbocycles. The van der Waals surface area contributed by atoms with E-state index in [9.17, 15) is 23.1 Å². The lowest BCUT2D eigenvalue weighted by atomic mass is 10.1. The molecule has 148 valence electrons. The van der Waals surface area contributed by atoms with Crippen molar-refractivity contribution in [2.24, 2.45) is 0 Å². The number of amides is 1. The molecular weight excluding hydrogens is 382 g/mol. The third-order valence-corrected chi connectivity index (χ3v) is 5.84. The van der Waals surface area contributed by atoms with Crippen molar-refractivity contribution < 1.29 is 23.1 Å². The largest absolute Gasteiger partial charge is 0.480 e. The highest BCUT2D eigenvalue weighted by atomic mass is 32.2. The average Bonchev–Trinajstić information content (AvgIpc) is 2.91. The van der Waals surface area contributed by atoms with E-state index in [0.717, 1.165) is 21.0 Å². The summed E-state index contributed by atoms with van der Waals surface area (Å²) in [6.45, 7) is 0.276. The fourth-order valence-corrected chi connectivity index (χ4v) is 4.02. The molecule has 8 nitrogen and oxygen atoms in total. The topological polar surface area (TPSA) is 116 Å². The average molecular weight is 403 g/mol. The van der Waals surface area contributed by atoms with Crippen LogP contribution in [-0.4, -0.2) is 42.3 Å². The minimum atomic E-state index is -3.75. The lowest BCUT2D eigenvalue weighted by Gasteiger charge is -2.15. The molecule has 1 amide bonds. The molecule has 1 aliphatic rings. The molecule has 1 aliphatic heterocycles. The van der Waals surface area contributed by atoms with Crippen LogP contribution in [0.3, 0.4) is 0 Å². The lowest BCUT2D eigenvalue weighted by Crippen LogP contribution is -2.38. The van der Waals surface area contributed by atoms with Crippen molar-refractivity contribution in [3.05, 3.63) is 71.3 Å².